The van der Waals surface area contributed by atoms with Gasteiger partial charge in [0.05, 0.1) is 28.9 Å². The molecule has 1 heterocycles. The number of amides is 1. The molecular weight excluding hydrogens is 346 g/mol. The Morgan fingerprint density at radius 3 is 2.83 bits per heavy atom. The Kier molecular flexibility index (Phi) is 4.97. The Balaban J connectivity index is 1.64. The fourth-order valence-corrected chi connectivity index (χ4v) is 3.37. The van der Waals surface area contributed by atoms with Crippen molar-refractivity contribution in [2.75, 3.05) is 18.2 Å². The SMILES string of the molecule is COc1ccc(NC(=O)CSc2nc3ccccc3n2C)cc1Cl. The lowest BCUT2D eigenvalue weighted by Crippen LogP contribution is -2.14. The molecule has 0 radical (unpaired) electrons. The van der Waals surface area contributed by atoms with Crippen LogP contribution in [0.15, 0.2) is 47.6 Å². The molecule has 1 amide bonds. The molecular formula is C17H16ClN3O2S. The van der Waals surface area contributed by atoms with Crippen molar-refractivity contribution in [3.63, 3.8) is 0 Å². The van der Waals surface area contributed by atoms with Crippen LogP contribution in [0.4, 0.5) is 5.69 Å². The smallest absolute Gasteiger partial charge is 0.234 e. The molecule has 5 nitrogen and oxygen atoms in total. The molecule has 0 saturated carbocycles. The summed E-state index contributed by atoms with van der Waals surface area (Å²) in [6, 6.07) is 13.0. The topological polar surface area (TPSA) is 56.1 Å². The summed E-state index contributed by atoms with van der Waals surface area (Å²) in [5, 5.41) is 4.08. The molecule has 1 N–H and O–H groups in total. The Hall–Kier alpha value is -2.18. The fraction of sp³-hybridized carbons (Fsp3) is 0.176. The molecule has 0 spiro atoms. The van der Waals surface area contributed by atoms with Crippen LogP contribution in [0, 0.1) is 0 Å². The number of hydrogen-bond acceptors (Lipinski definition) is 4. The number of methoxy groups -OCH3 is 1. The molecule has 3 rings (SSSR count). The number of rotatable bonds is 5. The van der Waals surface area contributed by atoms with Crippen molar-refractivity contribution in [2.24, 2.45) is 7.05 Å². The van der Waals surface area contributed by atoms with Gasteiger partial charge >= 0.3 is 0 Å². The number of nitrogens with one attached hydrogen (secondary N) is 1. The van der Waals surface area contributed by atoms with Crippen LogP contribution >= 0.6 is 23.4 Å². The lowest BCUT2D eigenvalue weighted by molar-refractivity contribution is -0.113. The van der Waals surface area contributed by atoms with Crippen LogP contribution in [0.2, 0.25) is 5.02 Å². The Morgan fingerprint density at radius 2 is 2.12 bits per heavy atom. The van der Waals surface area contributed by atoms with Gasteiger partial charge < -0.3 is 14.6 Å². The summed E-state index contributed by atoms with van der Waals surface area (Å²) < 4.78 is 7.08. The van der Waals surface area contributed by atoms with E-state index in [0.717, 1.165) is 16.2 Å². The molecule has 0 bridgehead atoms. The lowest BCUT2D eigenvalue weighted by atomic mass is 10.3. The first-order valence-electron chi connectivity index (χ1n) is 7.26. The van der Waals surface area contributed by atoms with E-state index >= 15 is 0 Å². The molecule has 0 aliphatic heterocycles. The molecule has 7 heteroatoms. The van der Waals surface area contributed by atoms with Crippen LogP contribution in [-0.4, -0.2) is 28.3 Å². The second-order valence-electron chi connectivity index (χ2n) is 5.13. The molecule has 3 aromatic rings. The van der Waals surface area contributed by atoms with Gasteiger partial charge in [-0.2, -0.15) is 0 Å². The summed E-state index contributed by atoms with van der Waals surface area (Å²) in [5.41, 5.74) is 2.60. The van der Waals surface area contributed by atoms with E-state index in [1.807, 2.05) is 35.9 Å². The van der Waals surface area contributed by atoms with Crippen LogP contribution in [-0.2, 0) is 11.8 Å². The van der Waals surface area contributed by atoms with E-state index in [1.165, 1.54) is 11.8 Å². The first-order chi connectivity index (χ1) is 11.6. The predicted molar refractivity (Wildman–Crippen MR) is 98.1 cm³/mol. The summed E-state index contributed by atoms with van der Waals surface area (Å²) >= 11 is 7.45. The maximum Gasteiger partial charge on any atom is 0.234 e. The quantitative estimate of drug-likeness (QED) is 0.699. The zero-order valence-electron chi connectivity index (χ0n) is 13.2. The Labute approximate surface area is 149 Å². The van der Waals surface area contributed by atoms with Crippen LogP contribution in [0.3, 0.4) is 0 Å². The van der Waals surface area contributed by atoms with Gasteiger partial charge in [-0.1, -0.05) is 35.5 Å². The molecule has 0 aliphatic carbocycles. The number of carbonyl (C=O) groups is 1. The lowest BCUT2D eigenvalue weighted by Gasteiger charge is -2.08. The third kappa shape index (κ3) is 3.49. The minimum atomic E-state index is -0.117. The highest BCUT2D eigenvalue weighted by Gasteiger charge is 2.11. The molecule has 2 aromatic carbocycles. The number of thioether (sulfide) groups is 1. The van der Waals surface area contributed by atoms with E-state index in [0.29, 0.717) is 16.5 Å². The number of ether oxygens (including phenoxy) is 1. The Morgan fingerprint density at radius 1 is 1.33 bits per heavy atom. The van der Waals surface area contributed by atoms with E-state index in [9.17, 15) is 4.79 Å². The average molecular weight is 362 g/mol. The van der Waals surface area contributed by atoms with Crippen molar-refractivity contribution in [3.05, 3.63) is 47.5 Å². The number of anilines is 1. The van der Waals surface area contributed by atoms with E-state index in [1.54, 1.807) is 25.3 Å². The molecule has 124 valence electrons. The monoisotopic (exact) mass is 361 g/mol. The average Bonchev–Trinajstić information content (AvgIpc) is 2.90. The molecule has 24 heavy (non-hydrogen) atoms. The highest BCUT2D eigenvalue weighted by atomic mass is 35.5. The zero-order chi connectivity index (χ0) is 17.1. The number of benzene rings is 2. The maximum absolute atomic E-state index is 12.1. The molecule has 0 aliphatic rings. The number of aromatic nitrogens is 2. The standard InChI is InChI=1S/C17H16ClN3O2S/c1-21-14-6-4-3-5-13(14)20-17(21)24-10-16(22)19-11-7-8-15(23-2)12(18)9-11/h3-9H,10H2,1-2H3,(H,19,22). The summed E-state index contributed by atoms with van der Waals surface area (Å²) in [5.74, 6) is 0.720. The van der Waals surface area contributed by atoms with Gasteiger partial charge in [0.15, 0.2) is 5.16 Å². The van der Waals surface area contributed by atoms with Gasteiger partial charge in [-0.15, -0.1) is 0 Å². The van der Waals surface area contributed by atoms with Crippen LogP contribution < -0.4 is 10.1 Å². The number of hydrogen-bond donors (Lipinski definition) is 1. The number of halogens is 1. The number of imidazole rings is 1. The van der Waals surface area contributed by atoms with E-state index < -0.39 is 0 Å². The van der Waals surface area contributed by atoms with Gasteiger partial charge in [-0.05, 0) is 30.3 Å². The van der Waals surface area contributed by atoms with E-state index in [2.05, 4.69) is 10.3 Å². The molecule has 0 saturated heterocycles. The maximum atomic E-state index is 12.1. The van der Waals surface area contributed by atoms with Crippen molar-refractivity contribution in [1.29, 1.82) is 0 Å². The summed E-state index contributed by atoms with van der Waals surface area (Å²) in [4.78, 5) is 16.7. The van der Waals surface area contributed by atoms with Gasteiger partial charge in [0.2, 0.25) is 5.91 Å². The van der Waals surface area contributed by atoms with Gasteiger partial charge in [0.1, 0.15) is 5.75 Å². The van der Waals surface area contributed by atoms with Crippen LogP contribution in [0.1, 0.15) is 0 Å². The van der Waals surface area contributed by atoms with E-state index in [-0.39, 0.29) is 11.7 Å². The fourth-order valence-electron chi connectivity index (χ4n) is 2.32. The Bertz CT molecular complexity index is 895. The summed E-state index contributed by atoms with van der Waals surface area (Å²) in [6.45, 7) is 0. The van der Waals surface area contributed by atoms with Crippen molar-refractivity contribution in [2.45, 2.75) is 5.16 Å². The third-order valence-corrected chi connectivity index (χ3v) is 4.84. The van der Waals surface area contributed by atoms with Gasteiger partial charge in [0.25, 0.3) is 0 Å². The van der Waals surface area contributed by atoms with Gasteiger partial charge in [0, 0.05) is 12.7 Å². The zero-order valence-corrected chi connectivity index (χ0v) is 14.8. The van der Waals surface area contributed by atoms with Gasteiger partial charge in [-0.25, -0.2) is 4.98 Å². The highest BCUT2D eigenvalue weighted by molar-refractivity contribution is 7.99. The third-order valence-electron chi connectivity index (χ3n) is 3.51. The highest BCUT2D eigenvalue weighted by Crippen LogP contribution is 2.27. The molecule has 0 unspecified atom stereocenters. The second kappa shape index (κ2) is 7.15. The summed E-state index contributed by atoms with van der Waals surface area (Å²) in [7, 11) is 3.49. The molecule has 1 aromatic heterocycles. The van der Waals surface area contributed by atoms with Crippen LogP contribution in [0.25, 0.3) is 11.0 Å². The largest absolute Gasteiger partial charge is 0.495 e. The van der Waals surface area contributed by atoms with Gasteiger partial charge in [-0.3, -0.25) is 4.79 Å². The summed E-state index contributed by atoms with van der Waals surface area (Å²) in [6.07, 6.45) is 0. The number of nitrogens with zero attached hydrogens (tertiary/aromatic N) is 2. The number of carbonyl (C=O) groups excluding carboxylic acids is 1. The minimum Gasteiger partial charge on any atom is -0.495 e. The normalized spacial score (nSPS) is 10.8. The predicted octanol–water partition coefficient (Wildman–Crippen LogP) is 3.97. The van der Waals surface area contributed by atoms with Crippen molar-refractivity contribution < 1.29 is 9.53 Å². The first kappa shape index (κ1) is 16.7. The second-order valence-corrected chi connectivity index (χ2v) is 6.48. The van der Waals surface area contributed by atoms with Crippen LogP contribution in [0.5, 0.6) is 5.75 Å². The van der Waals surface area contributed by atoms with Crippen molar-refractivity contribution in [3.8, 4) is 5.75 Å². The van der Waals surface area contributed by atoms with E-state index in [4.69, 9.17) is 16.3 Å². The number of fused-ring (bicyclic) bond motifs is 1. The number of aryl methyl sites for hydroxylation is 1. The molecule has 0 atom stereocenters. The van der Waals surface area contributed by atoms with Crippen molar-refractivity contribution in [1.82, 2.24) is 9.55 Å². The first-order valence-corrected chi connectivity index (χ1v) is 8.62. The molecule has 0 fully saturated rings. The number of para-hydroxylation sites is 2. The minimum absolute atomic E-state index is 0.117. The van der Waals surface area contributed by atoms with Crippen molar-refractivity contribution >= 4 is 46.0 Å².